The second-order valence-corrected chi connectivity index (χ2v) is 7.08. The average Bonchev–Trinajstić information content (AvgIpc) is 3.11. The van der Waals surface area contributed by atoms with Crippen molar-refractivity contribution in [3.05, 3.63) is 65.3 Å². The average molecular weight is 496 g/mol. The summed E-state index contributed by atoms with van der Waals surface area (Å²) in [7, 11) is 0. The van der Waals surface area contributed by atoms with E-state index in [1.807, 2.05) is 37.4 Å². The highest BCUT2D eigenvalue weighted by Crippen LogP contribution is 2.29. The van der Waals surface area contributed by atoms with Gasteiger partial charge in [-0.25, -0.2) is 0 Å². The van der Waals surface area contributed by atoms with Gasteiger partial charge in [0.25, 0.3) is 0 Å². The van der Waals surface area contributed by atoms with Crippen molar-refractivity contribution in [1.29, 1.82) is 0 Å². The molecule has 1 atom stereocenters. The lowest BCUT2D eigenvalue weighted by Gasteiger charge is -2.12. The fourth-order valence-corrected chi connectivity index (χ4v) is 3.69. The fraction of sp³-hybridized carbons (Fsp3) is 0.300. The number of fused-ring (bicyclic) bond motifs is 1. The minimum absolute atomic E-state index is 0. The third-order valence-corrected chi connectivity index (χ3v) is 5.19. The number of pyridine rings is 1. The Hall–Kier alpha value is -1.71. The molecule has 0 amide bonds. The summed E-state index contributed by atoms with van der Waals surface area (Å²) >= 11 is 1.62. The number of nitrogens with one attached hydrogen (secondary N) is 2. The maximum Gasteiger partial charge on any atom is 0.191 e. The zero-order valence-corrected chi connectivity index (χ0v) is 18.4. The Bertz CT molecular complexity index is 820. The maximum atomic E-state index is 10.5. The van der Waals surface area contributed by atoms with E-state index in [0.717, 1.165) is 35.7 Å². The van der Waals surface area contributed by atoms with Gasteiger partial charge in [-0.15, -0.1) is 35.3 Å². The normalized spacial score (nSPS) is 12.4. The van der Waals surface area contributed by atoms with Crippen molar-refractivity contribution >= 4 is 51.4 Å². The van der Waals surface area contributed by atoms with Crippen molar-refractivity contribution in [2.45, 2.75) is 19.4 Å². The summed E-state index contributed by atoms with van der Waals surface area (Å²) < 4.78 is 1.19. The summed E-state index contributed by atoms with van der Waals surface area (Å²) in [6.45, 7) is 3.89. The molecule has 5 nitrogen and oxygen atoms in total. The summed E-state index contributed by atoms with van der Waals surface area (Å²) in [5.74, 6) is 0.719. The molecule has 1 aromatic carbocycles. The predicted octanol–water partition coefficient (Wildman–Crippen LogP) is 3.75. The molecule has 0 radical (unpaired) electrons. The van der Waals surface area contributed by atoms with Crippen LogP contribution in [-0.4, -0.2) is 35.7 Å². The molecule has 27 heavy (non-hydrogen) atoms. The highest BCUT2D eigenvalue weighted by molar-refractivity contribution is 14.0. The van der Waals surface area contributed by atoms with Crippen LogP contribution in [0, 0.1) is 0 Å². The molecule has 3 aromatic rings. The second kappa shape index (κ2) is 11.2. The molecule has 2 heterocycles. The Balaban J connectivity index is 0.00000261. The van der Waals surface area contributed by atoms with Crippen molar-refractivity contribution in [2.75, 3.05) is 19.6 Å². The number of hydrogen-bond donors (Lipinski definition) is 3. The van der Waals surface area contributed by atoms with Gasteiger partial charge in [-0.3, -0.25) is 9.98 Å². The van der Waals surface area contributed by atoms with Crippen LogP contribution in [0.1, 0.15) is 23.5 Å². The van der Waals surface area contributed by atoms with Crippen LogP contribution in [0.4, 0.5) is 0 Å². The van der Waals surface area contributed by atoms with Crippen LogP contribution in [0.5, 0.6) is 0 Å². The van der Waals surface area contributed by atoms with E-state index in [-0.39, 0.29) is 24.0 Å². The first kappa shape index (κ1) is 21.6. The van der Waals surface area contributed by atoms with E-state index in [0.29, 0.717) is 6.54 Å². The quantitative estimate of drug-likeness (QED) is 0.265. The van der Waals surface area contributed by atoms with Gasteiger partial charge in [-0.1, -0.05) is 24.3 Å². The SMILES string of the molecule is CCNC(=NCC(O)c1cc2ccccc2s1)NCCc1cccnc1.I. The van der Waals surface area contributed by atoms with Gasteiger partial charge in [-0.05, 0) is 42.5 Å². The van der Waals surface area contributed by atoms with Gasteiger partial charge in [-0.2, -0.15) is 0 Å². The Morgan fingerprint density at radius 2 is 2.07 bits per heavy atom. The van der Waals surface area contributed by atoms with Crippen LogP contribution in [0.25, 0.3) is 10.1 Å². The molecule has 3 rings (SSSR count). The van der Waals surface area contributed by atoms with Crippen molar-refractivity contribution in [2.24, 2.45) is 4.99 Å². The second-order valence-electron chi connectivity index (χ2n) is 5.96. The molecule has 0 bridgehead atoms. The van der Waals surface area contributed by atoms with Gasteiger partial charge < -0.3 is 15.7 Å². The Morgan fingerprint density at radius 3 is 2.81 bits per heavy atom. The molecule has 144 valence electrons. The Kier molecular flexibility index (Phi) is 8.96. The first-order chi connectivity index (χ1) is 12.8. The largest absolute Gasteiger partial charge is 0.386 e. The van der Waals surface area contributed by atoms with E-state index in [1.165, 1.54) is 10.3 Å². The Morgan fingerprint density at radius 1 is 1.22 bits per heavy atom. The predicted molar refractivity (Wildman–Crippen MR) is 124 cm³/mol. The van der Waals surface area contributed by atoms with Gasteiger partial charge in [0.1, 0.15) is 6.10 Å². The van der Waals surface area contributed by atoms with Crippen LogP contribution >= 0.6 is 35.3 Å². The van der Waals surface area contributed by atoms with Crippen molar-refractivity contribution in [3.63, 3.8) is 0 Å². The topological polar surface area (TPSA) is 69.5 Å². The van der Waals surface area contributed by atoms with Gasteiger partial charge >= 0.3 is 0 Å². The zero-order valence-electron chi connectivity index (χ0n) is 15.3. The molecule has 3 N–H and O–H groups in total. The minimum atomic E-state index is -0.596. The number of thiophene rings is 1. The molecule has 7 heteroatoms. The summed E-state index contributed by atoms with van der Waals surface area (Å²) in [5.41, 5.74) is 1.18. The standard InChI is InChI=1S/C20H24N4OS.HI/c1-2-22-20(23-11-9-15-6-5-10-21-13-15)24-14-17(25)19-12-16-7-3-4-8-18(16)26-19;/h3-8,10,12-13,17,25H,2,9,11,14H2,1H3,(H2,22,23,24);1H. The molecule has 0 aliphatic heterocycles. The fourth-order valence-electron chi connectivity index (χ4n) is 2.65. The third kappa shape index (κ3) is 6.44. The molecule has 1 unspecified atom stereocenters. The van der Waals surface area contributed by atoms with Gasteiger partial charge in [0.15, 0.2) is 5.96 Å². The summed E-state index contributed by atoms with van der Waals surface area (Å²) in [5, 5.41) is 18.2. The van der Waals surface area contributed by atoms with Gasteiger partial charge in [0.2, 0.25) is 0 Å². The molecule has 0 saturated heterocycles. The number of rotatable bonds is 7. The summed E-state index contributed by atoms with van der Waals surface area (Å²) in [4.78, 5) is 9.60. The highest BCUT2D eigenvalue weighted by atomic mass is 127. The molecular weight excluding hydrogens is 471 g/mol. The number of halogens is 1. The molecule has 0 aliphatic carbocycles. The zero-order chi connectivity index (χ0) is 18.2. The number of aliphatic hydroxyl groups is 1. The smallest absolute Gasteiger partial charge is 0.191 e. The van der Waals surface area contributed by atoms with Crippen molar-refractivity contribution in [1.82, 2.24) is 15.6 Å². The van der Waals surface area contributed by atoms with Crippen LogP contribution in [-0.2, 0) is 6.42 Å². The van der Waals surface area contributed by atoms with E-state index in [9.17, 15) is 5.11 Å². The molecule has 2 aromatic heterocycles. The number of hydrogen-bond acceptors (Lipinski definition) is 4. The van der Waals surface area contributed by atoms with Crippen molar-refractivity contribution in [3.8, 4) is 0 Å². The third-order valence-electron chi connectivity index (χ3n) is 3.97. The van der Waals surface area contributed by atoms with E-state index < -0.39 is 6.10 Å². The molecular formula is C20H25IN4OS. The number of benzene rings is 1. The van der Waals surface area contributed by atoms with Gasteiger partial charge in [0, 0.05) is 35.1 Å². The maximum absolute atomic E-state index is 10.5. The molecule has 0 fully saturated rings. The lowest BCUT2D eigenvalue weighted by atomic mass is 10.2. The van der Waals surface area contributed by atoms with Crippen LogP contribution in [0.15, 0.2) is 59.9 Å². The highest BCUT2D eigenvalue weighted by Gasteiger charge is 2.11. The van der Waals surface area contributed by atoms with Crippen LogP contribution < -0.4 is 10.6 Å². The number of aliphatic imine (C=N–C) groups is 1. The van der Waals surface area contributed by atoms with E-state index in [4.69, 9.17) is 0 Å². The molecule has 0 saturated carbocycles. The summed E-state index contributed by atoms with van der Waals surface area (Å²) in [6, 6.07) is 14.2. The number of guanidine groups is 1. The Labute approximate surface area is 181 Å². The lowest BCUT2D eigenvalue weighted by molar-refractivity contribution is 0.191. The number of aliphatic hydroxyl groups excluding tert-OH is 1. The summed E-state index contributed by atoms with van der Waals surface area (Å²) in [6.07, 6.45) is 3.92. The first-order valence-corrected chi connectivity index (χ1v) is 9.65. The molecule has 0 aliphatic rings. The van der Waals surface area contributed by atoms with Crippen LogP contribution in [0.3, 0.4) is 0 Å². The van der Waals surface area contributed by atoms with Gasteiger partial charge in [0.05, 0.1) is 6.54 Å². The van der Waals surface area contributed by atoms with E-state index in [2.05, 4.69) is 38.8 Å². The first-order valence-electron chi connectivity index (χ1n) is 8.84. The number of nitrogens with zero attached hydrogens (tertiary/aromatic N) is 2. The molecule has 0 spiro atoms. The minimum Gasteiger partial charge on any atom is -0.386 e. The number of aromatic nitrogens is 1. The monoisotopic (exact) mass is 496 g/mol. The van der Waals surface area contributed by atoms with E-state index >= 15 is 0 Å². The van der Waals surface area contributed by atoms with E-state index in [1.54, 1.807) is 17.5 Å². The van der Waals surface area contributed by atoms with Crippen LogP contribution in [0.2, 0.25) is 0 Å². The lowest BCUT2D eigenvalue weighted by Crippen LogP contribution is -2.38. The van der Waals surface area contributed by atoms with Crippen molar-refractivity contribution < 1.29 is 5.11 Å².